The van der Waals surface area contributed by atoms with Crippen molar-refractivity contribution >= 4 is 27.8 Å². The molecule has 0 aliphatic rings. The van der Waals surface area contributed by atoms with E-state index >= 15 is 0 Å². The summed E-state index contributed by atoms with van der Waals surface area (Å²) in [6, 6.07) is 89.8. The van der Waals surface area contributed by atoms with Gasteiger partial charge in [0.2, 0.25) is 0 Å². The molecule has 10 aromatic rings. The molecule has 0 radical (unpaired) electrons. The molecule has 0 N–H and O–H groups in total. The molecule has 0 spiro atoms. The summed E-state index contributed by atoms with van der Waals surface area (Å²) in [4.78, 5) is 2.41. The molecule has 59 heavy (non-hydrogen) atoms. The highest BCUT2D eigenvalue weighted by Gasteiger charge is 2.20. The fraction of sp³-hybridized carbons (Fsp3) is 0. The van der Waals surface area contributed by atoms with Crippen LogP contribution in [0.15, 0.2) is 249 Å². The standard InChI is InChI=1S/C58H41N/c1-3-16-42(17-4-1)43-32-34-44(35-33-43)45-36-38-51(39-37-45)59(58-31-12-11-29-57(58)56-28-10-9-27-54(56)46-18-5-2-6-19-46)52-25-14-23-49(41-52)48-22-13-24-50(40-48)55-30-15-21-47-20-7-8-26-53(47)55/h1-41H. The first kappa shape index (κ1) is 35.7. The molecular formula is C58H41N. The third-order valence-electron chi connectivity index (χ3n) is 11.3. The van der Waals surface area contributed by atoms with Gasteiger partial charge in [-0.25, -0.2) is 0 Å². The maximum absolute atomic E-state index is 2.41. The second-order valence-electron chi connectivity index (χ2n) is 14.9. The normalized spacial score (nSPS) is 11.1. The van der Waals surface area contributed by atoms with Crippen LogP contribution in [-0.2, 0) is 0 Å². The van der Waals surface area contributed by atoms with Crippen molar-refractivity contribution in [2.45, 2.75) is 0 Å². The molecule has 0 aliphatic heterocycles. The van der Waals surface area contributed by atoms with Crippen LogP contribution in [0.2, 0.25) is 0 Å². The largest absolute Gasteiger partial charge is 0.310 e. The van der Waals surface area contributed by atoms with E-state index in [9.17, 15) is 0 Å². The van der Waals surface area contributed by atoms with Crippen LogP contribution in [0.4, 0.5) is 17.1 Å². The summed E-state index contributed by atoms with van der Waals surface area (Å²) in [6.07, 6.45) is 0. The highest BCUT2D eigenvalue weighted by atomic mass is 15.1. The van der Waals surface area contributed by atoms with E-state index in [1.807, 2.05) is 0 Å². The lowest BCUT2D eigenvalue weighted by Gasteiger charge is -2.29. The van der Waals surface area contributed by atoms with Gasteiger partial charge < -0.3 is 4.90 Å². The number of fused-ring (bicyclic) bond motifs is 1. The fourth-order valence-electron chi connectivity index (χ4n) is 8.37. The number of hydrogen-bond donors (Lipinski definition) is 0. The molecule has 0 amide bonds. The number of nitrogens with zero attached hydrogens (tertiary/aromatic N) is 1. The van der Waals surface area contributed by atoms with Gasteiger partial charge in [0.15, 0.2) is 0 Å². The number of hydrogen-bond acceptors (Lipinski definition) is 1. The first-order chi connectivity index (χ1) is 29.3. The van der Waals surface area contributed by atoms with Crippen molar-refractivity contribution < 1.29 is 0 Å². The zero-order chi connectivity index (χ0) is 39.4. The molecule has 0 aliphatic carbocycles. The lowest BCUT2D eigenvalue weighted by atomic mass is 9.92. The Kier molecular flexibility index (Phi) is 9.68. The molecular weight excluding hydrogens is 711 g/mol. The molecule has 0 fully saturated rings. The Morgan fingerprint density at radius 1 is 0.220 bits per heavy atom. The predicted molar refractivity (Wildman–Crippen MR) is 251 cm³/mol. The van der Waals surface area contributed by atoms with Gasteiger partial charge in [-0.1, -0.05) is 212 Å². The zero-order valence-electron chi connectivity index (χ0n) is 32.6. The summed E-state index contributed by atoms with van der Waals surface area (Å²) in [5, 5.41) is 2.51. The van der Waals surface area contributed by atoms with E-state index in [1.165, 1.54) is 66.4 Å². The van der Waals surface area contributed by atoms with Gasteiger partial charge in [0, 0.05) is 16.9 Å². The molecule has 0 aromatic heterocycles. The van der Waals surface area contributed by atoms with Crippen molar-refractivity contribution in [1.82, 2.24) is 0 Å². The molecule has 10 aromatic carbocycles. The number of benzene rings is 10. The second kappa shape index (κ2) is 16.0. The molecule has 0 saturated carbocycles. The van der Waals surface area contributed by atoms with Crippen LogP contribution in [0.5, 0.6) is 0 Å². The summed E-state index contributed by atoms with van der Waals surface area (Å²) in [7, 11) is 0. The summed E-state index contributed by atoms with van der Waals surface area (Å²) in [6.45, 7) is 0. The van der Waals surface area contributed by atoms with Gasteiger partial charge in [0.05, 0.1) is 5.69 Å². The monoisotopic (exact) mass is 751 g/mol. The average Bonchev–Trinajstić information content (AvgIpc) is 3.33. The minimum atomic E-state index is 1.08. The van der Waals surface area contributed by atoms with Gasteiger partial charge in [0.25, 0.3) is 0 Å². The third-order valence-corrected chi connectivity index (χ3v) is 11.3. The van der Waals surface area contributed by atoms with Crippen molar-refractivity contribution in [1.29, 1.82) is 0 Å². The Balaban J connectivity index is 1.09. The smallest absolute Gasteiger partial charge is 0.0540 e. The summed E-state index contributed by atoms with van der Waals surface area (Å²) >= 11 is 0. The molecule has 0 bridgehead atoms. The van der Waals surface area contributed by atoms with Crippen LogP contribution in [0.1, 0.15) is 0 Å². The Bertz CT molecular complexity index is 3010. The van der Waals surface area contributed by atoms with E-state index in [2.05, 4.69) is 254 Å². The number of para-hydroxylation sites is 1. The first-order valence-corrected chi connectivity index (χ1v) is 20.3. The average molecular weight is 752 g/mol. The van der Waals surface area contributed by atoms with Crippen LogP contribution in [0, 0.1) is 0 Å². The zero-order valence-corrected chi connectivity index (χ0v) is 32.6. The van der Waals surface area contributed by atoms with Crippen molar-refractivity contribution in [3.63, 3.8) is 0 Å². The summed E-state index contributed by atoms with van der Waals surface area (Å²) in [5.41, 5.74) is 17.6. The van der Waals surface area contributed by atoms with Crippen LogP contribution in [-0.4, -0.2) is 0 Å². The van der Waals surface area contributed by atoms with Crippen LogP contribution < -0.4 is 4.90 Å². The van der Waals surface area contributed by atoms with E-state index < -0.39 is 0 Å². The van der Waals surface area contributed by atoms with Gasteiger partial charge in [0.1, 0.15) is 0 Å². The minimum Gasteiger partial charge on any atom is -0.310 e. The Hall–Kier alpha value is -7.74. The lowest BCUT2D eigenvalue weighted by molar-refractivity contribution is 1.28. The van der Waals surface area contributed by atoms with Crippen molar-refractivity contribution in [3.8, 4) is 66.8 Å². The quantitative estimate of drug-likeness (QED) is 0.142. The number of anilines is 3. The van der Waals surface area contributed by atoms with E-state index in [1.54, 1.807) is 0 Å². The van der Waals surface area contributed by atoms with E-state index in [-0.39, 0.29) is 0 Å². The molecule has 278 valence electrons. The van der Waals surface area contributed by atoms with E-state index in [0.29, 0.717) is 0 Å². The van der Waals surface area contributed by atoms with Crippen LogP contribution >= 0.6 is 0 Å². The van der Waals surface area contributed by atoms with Crippen LogP contribution in [0.3, 0.4) is 0 Å². The van der Waals surface area contributed by atoms with Gasteiger partial charge >= 0.3 is 0 Å². The molecule has 10 rings (SSSR count). The van der Waals surface area contributed by atoms with Crippen molar-refractivity contribution in [2.75, 3.05) is 4.90 Å². The van der Waals surface area contributed by atoms with E-state index in [0.717, 1.165) is 28.2 Å². The summed E-state index contributed by atoms with van der Waals surface area (Å²) < 4.78 is 0. The van der Waals surface area contributed by atoms with Gasteiger partial charge in [-0.3, -0.25) is 0 Å². The van der Waals surface area contributed by atoms with E-state index in [4.69, 9.17) is 0 Å². The maximum atomic E-state index is 2.41. The molecule has 0 saturated heterocycles. The maximum Gasteiger partial charge on any atom is 0.0540 e. The molecule has 1 nitrogen and oxygen atoms in total. The Morgan fingerprint density at radius 2 is 0.678 bits per heavy atom. The second-order valence-corrected chi connectivity index (χ2v) is 14.9. The first-order valence-electron chi connectivity index (χ1n) is 20.3. The van der Waals surface area contributed by atoms with Crippen LogP contribution in [0.25, 0.3) is 77.5 Å². The van der Waals surface area contributed by atoms with Crippen molar-refractivity contribution in [3.05, 3.63) is 249 Å². The van der Waals surface area contributed by atoms with Gasteiger partial charge in [-0.05, 0) is 108 Å². The van der Waals surface area contributed by atoms with Crippen molar-refractivity contribution in [2.24, 2.45) is 0 Å². The topological polar surface area (TPSA) is 3.24 Å². The third kappa shape index (κ3) is 7.23. The SMILES string of the molecule is c1ccc(-c2ccc(-c3ccc(N(c4cccc(-c5cccc(-c6cccc7ccccc67)c5)c4)c4ccccc4-c4ccccc4-c4ccccc4)cc3)cc2)cc1. The molecule has 0 heterocycles. The minimum absolute atomic E-state index is 1.08. The predicted octanol–water partition coefficient (Wildman–Crippen LogP) is 16.3. The molecule has 0 atom stereocenters. The lowest BCUT2D eigenvalue weighted by Crippen LogP contribution is -2.11. The highest BCUT2D eigenvalue weighted by Crippen LogP contribution is 2.45. The highest BCUT2D eigenvalue weighted by molar-refractivity contribution is 5.98. The molecule has 1 heteroatoms. The Labute approximate surface area is 346 Å². The van der Waals surface area contributed by atoms with Gasteiger partial charge in [-0.15, -0.1) is 0 Å². The number of rotatable bonds is 9. The Morgan fingerprint density at radius 3 is 1.41 bits per heavy atom. The van der Waals surface area contributed by atoms with Gasteiger partial charge in [-0.2, -0.15) is 0 Å². The summed E-state index contributed by atoms with van der Waals surface area (Å²) in [5.74, 6) is 0. The molecule has 0 unspecified atom stereocenters. The fourth-order valence-corrected chi connectivity index (χ4v) is 8.37.